The molecule has 2 rings (SSSR count). The van der Waals surface area contributed by atoms with Crippen molar-refractivity contribution < 1.29 is 18.7 Å². The third kappa shape index (κ3) is 3.31. The second kappa shape index (κ2) is 6.00. The Hall–Kier alpha value is -2.36. The fourth-order valence-corrected chi connectivity index (χ4v) is 1.71. The highest BCUT2D eigenvalue weighted by atomic mass is 16.5. The highest BCUT2D eigenvalue weighted by molar-refractivity contribution is 6.06. The van der Waals surface area contributed by atoms with E-state index in [1.165, 1.54) is 0 Å². The molecule has 0 aliphatic carbocycles. The molecule has 0 saturated carbocycles. The van der Waals surface area contributed by atoms with Crippen LogP contribution in [-0.2, 0) is 9.53 Å². The predicted molar refractivity (Wildman–Crippen MR) is 69.7 cm³/mol. The van der Waals surface area contributed by atoms with Gasteiger partial charge in [0.25, 0.3) is 0 Å². The van der Waals surface area contributed by atoms with Crippen molar-refractivity contribution in [3.8, 4) is 11.3 Å². The van der Waals surface area contributed by atoms with E-state index < -0.39 is 5.97 Å². The molecule has 1 aromatic carbocycles. The zero-order valence-electron chi connectivity index (χ0n) is 10.6. The van der Waals surface area contributed by atoms with Crippen molar-refractivity contribution in [1.82, 2.24) is 0 Å². The first-order valence-corrected chi connectivity index (χ1v) is 6.03. The van der Waals surface area contributed by atoms with E-state index in [0.717, 1.165) is 11.3 Å². The van der Waals surface area contributed by atoms with Crippen LogP contribution in [0, 0.1) is 0 Å². The zero-order chi connectivity index (χ0) is 13.7. The first kappa shape index (κ1) is 13.1. The fourth-order valence-electron chi connectivity index (χ4n) is 1.71. The van der Waals surface area contributed by atoms with Gasteiger partial charge in [0.05, 0.1) is 12.9 Å². The molecule has 0 atom stereocenters. The van der Waals surface area contributed by atoms with Crippen molar-refractivity contribution in [3.63, 3.8) is 0 Å². The molecule has 0 unspecified atom stereocenters. The van der Waals surface area contributed by atoms with E-state index in [1.54, 1.807) is 43.5 Å². The van der Waals surface area contributed by atoms with Gasteiger partial charge in [-0.05, 0) is 19.1 Å². The number of benzene rings is 1. The molecule has 0 radical (unpaired) electrons. The minimum Gasteiger partial charge on any atom is -0.466 e. The molecule has 4 nitrogen and oxygen atoms in total. The van der Waals surface area contributed by atoms with Gasteiger partial charge >= 0.3 is 5.97 Å². The summed E-state index contributed by atoms with van der Waals surface area (Å²) in [6.07, 6.45) is 1.36. The Morgan fingerprint density at radius 1 is 1.16 bits per heavy atom. The summed E-state index contributed by atoms with van der Waals surface area (Å²) < 4.78 is 10.00. The molecule has 1 aromatic heterocycles. The van der Waals surface area contributed by atoms with Gasteiger partial charge < -0.3 is 9.15 Å². The number of ether oxygens (including phenoxy) is 1. The van der Waals surface area contributed by atoms with Crippen LogP contribution in [0.5, 0.6) is 0 Å². The van der Waals surface area contributed by atoms with Crippen LogP contribution in [0.3, 0.4) is 0 Å². The predicted octanol–water partition coefficient (Wildman–Crippen LogP) is 3.08. The summed E-state index contributed by atoms with van der Waals surface area (Å²) in [6, 6.07) is 10.6. The van der Waals surface area contributed by atoms with Crippen molar-refractivity contribution >= 4 is 11.8 Å². The lowest BCUT2D eigenvalue weighted by Gasteiger charge is -2.02. The van der Waals surface area contributed by atoms with Gasteiger partial charge in [-0.25, -0.2) is 0 Å². The molecule has 1 heterocycles. The average molecular weight is 258 g/mol. The lowest BCUT2D eigenvalue weighted by molar-refractivity contribution is -0.141. The number of furan rings is 1. The number of ketones is 1. The number of carbonyl (C=O) groups excluding carboxylic acids is 2. The maximum absolute atomic E-state index is 11.8. The van der Waals surface area contributed by atoms with Gasteiger partial charge in [-0.2, -0.15) is 0 Å². The molecule has 2 aromatic rings. The van der Waals surface area contributed by atoms with Gasteiger partial charge in [-0.1, -0.05) is 24.3 Å². The van der Waals surface area contributed by atoms with Crippen molar-refractivity contribution in [1.29, 1.82) is 0 Å². The van der Waals surface area contributed by atoms with Crippen LogP contribution >= 0.6 is 0 Å². The second-order valence-electron chi connectivity index (χ2n) is 3.96. The lowest BCUT2D eigenvalue weighted by atomic mass is 10.1. The Kier molecular flexibility index (Phi) is 4.13. The van der Waals surface area contributed by atoms with E-state index in [4.69, 9.17) is 9.15 Å². The largest absolute Gasteiger partial charge is 0.466 e. The van der Waals surface area contributed by atoms with Crippen molar-refractivity contribution in [2.45, 2.75) is 13.3 Å². The monoisotopic (exact) mass is 258 g/mol. The van der Waals surface area contributed by atoms with Crippen LogP contribution in [0.1, 0.15) is 23.7 Å². The lowest BCUT2D eigenvalue weighted by Crippen LogP contribution is -2.11. The maximum atomic E-state index is 11.8. The summed E-state index contributed by atoms with van der Waals surface area (Å²) in [4.78, 5) is 23.0. The number of hydrogen-bond acceptors (Lipinski definition) is 4. The van der Waals surface area contributed by atoms with Gasteiger partial charge in [-0.15, -0.1) is 0 Å². The van der Waals surface area contributed by atoms with E-state index in [-0.39, 0.29) is 18.8 Å². The Morgan fingerprint density at radius 2 is 1.89 bits per heavy atom. The van der Waals surface area contributed by atoms with E-state index in [9.17, 15) is 9.59 Å². The van der Waals surface area contributed by atoms with Gasteiger partial charge in [0, 0.05) is 11.1 Å². The van der Waals surface area contributed by atoms with E-state index in [2.05, 4.69) is 0 Å². The van der Waals surface area contributed by atoms with Crippen LogP contribution in [0.15, 0.2) is 47.1 Å². The van der Waals surface area contributed by atoms with Crippen molar-refractivity contribution in [2.75, 3.05) is 6.61 Å². The molecule has 0 amide bonds. The Balaban J connectivity index is 2.06. The third-order valence-electron chi connectivity index (χ3n) is 2.62. The first-order chi connectivity index (χ1) is 9.20. The maximum Gasteiger partial charge on any atom is 0.313 e. The SMILES string of the molecule is CCOC(=O)CC(=O)c1ccc(-c2ccco2)cc1. The second-order valence-corrected chi connectivity index (χ2v) is 3.96. The minimum atomic E-state index is -0.498. The molecule has 0 aliphatic rings. The minimum absolute atomic E-state index is 0.228. The van der Waals surface area contributed by atoms with Gasteiger partial charge in [0.1, 0.15) is 12.2 Å². The van der Waals surface area contributed by atoms with Gasteiger partial charge in [0.2, 0.25) is 0 Å². The van der Waals surface area contributed by atoms with E-state index in [1.807, 2.05) is 6.07 Å². The van der Waals surface area contributed by atoms with Crippen LogP contribution < -0.4 is 0 Å². The summed E-state index contributed by atoms with van der Waals surface area (Å²) in [7, 11) is 0. The molecule has 0 aliphatic heterocycles. The summed E-state index contributed by atoms with van der Waals surface area (Å²) in [5, 5.41) is 0. The number of esters is 1. The molecular weight excluding hydrogens is 244 g/mol. The van der Waals surface area contributed by atoms with Gasteiger partial charge in [0.15, 0.2) is 5.78 Å². The molecule has 0 N–H and O–H groups in total. The average Bonchev–Trinajstić information content (AvgIpc) is 2.93. The van der Waals surface area contributed by atoms with Crippen molar-refractivity contribution in [2.24, 2.45) is 0 Å². The van der Waals surface area contributed by atoms with Gasteiger partial charge in [-0.3, -0.25) is 9.59 Å². The number of carbonyl (C=O) groups is 2. The Labute approximate surface area is 111 Å². The Bertz CT molecular complexity index is 552. The normalized spacial score (nSPS) is 10.2. The Morgan fingerprint density at radius 3 is 2.47 bits per heavy atom. The molecule has 19 heavy (non-hydrogen) atoms. The highest BCUT2D eigenvalue weighted by Crippen LogP contribution is 2.20. The molecule has 4 heteroatoms. The topological polar surface area (TPSA) is 56.5 Å². The molecule has 0 fully saturated rings. The summed E-state index contributed by atoms with van der Waals surface area (Å²) >= 11 is 0. The standard InChI is InChI=1S/C15H14O4/c1-2-18-15(17)10-13(16)11-5-7-12(8-6-11)14-4-3-9-19-14/h3-9H,2,10H2,1H3. The first-order valence-electron chi connectivity index (χ1n) is 6.03. The third-order valence-corrected chi connectivity index (χ3v) is 2.62. The van der Waals surface area contributed by atoms with E-state index in [0.29, 0.717) is 5.56 Å². The van der Waals surface area contributed by atoms with Crippen LogP contribution in [0.4, 0.5) is 0 Å². The number of Topliss-reactive ketones (excluding diaryl/α,β-unsaturated/α-hetero) is 1. The zero-order valence-corrected chi connectivity index (χ0v) is 10.6. The quantitative estimate of drug-likeness (QED) is 0.470. The van der Waals surface area contributed by atoms with E-state index >= 15 is 0 Å². The molecule has 0 bridgehead atoms. The summed E-state index contributed by atoms with van der Waals surface area (Å²) in [6.45, 7) is 1.99. The smallest absolute Gasteiger partial charge is 0.313 e. The molecule has 0 spiro atoms. The molecular formula is C15H14O4. The van der Waals surface area contributed by atoms with Crippen LogP contribution in [-0.4, -0.2) is 18.4 Å². The number of rotatable bonds is 5. The summed E-state index contributed by atoms with van der Waals surface area (Å²) in [5.41, 5.74) is 1.38. The fraction of sp³-hybridized carbons (Fsp3) is 0.200. The number of hydrogen-bond donors (Lipinski definition) is 0. The molecule has 98 valence electrons. The molecule has 0 saturated heterocycles. The van der Waals surface area contributed by atoms with Crippen LogP contribution in [0.25, 0.3) is 11.3 Å². The summed E-state index contributed by atoms with van der Waals surface area (Å²) in [5.74, 6) is -0.00329. The van der Waals surface area contributed by atoms with Crippen LogP contribution in [0.2, 0.25) is 0 Å². The highest BCUT2D eigenvalue weighted by Gasteiger charge is 2.12. The van der Waals surface area contributed by atoms with Crippen molar-refractivity contribution in [3.05, 3.63) is 48.2 Å².